The van der Waals surface area contributed by atoms with Crippen LogP contribution >= 0.6 is 0 Å². The van der Waals surface area contributed by atoms with E-state index < -0.39 is 6.03 Å². The number of hydrogen-bond acceptors (Lipinski definition) is 6. The number of hydrogen-bond donors (Lipinski definition) is 3. The van der Waals surface area contributed by atoms with Crippen LogP contribution in [0.2, 0.25) is 0 Å². The fourth-order valence-corrected chi connectivity index (χ4v) is 1.07. The van der Waals surface area contributed by atoms with E-state index >= 15 is 0 Å². The summed E-state index contributed by atoms with van der Waals surface area (Å²) in [7, 11) is 0. The summed E-state index contributed by atoms with van der Waals surface area (Å²) in [5.74, 6) is 0. The number of carbonyl (C=O) groups is 2. The Hall–Kier alpha value is -2.07. The van der Waals surface area contributed by atoms with Crippen molar-refractivity contribution in [2.45, 2.75) is 0 Å². The Labute approximate surface area is 121 Å². The molecule has 0 radical (unpaired) electrons. The van der Waals surface area contributed by atoms with Gasteiger partial charge in [0.15, 0.2) is 0 Å². The average Bonchev–Trinajstić information content (AvgIpc) is 2.49. The van der Waals surface area contributed by atoms with Gasteiger partial charge in [-0.3, -0.25) is 10.2 Å². The second-order valence-electron chi connectivity index (χ2n) is 3.43. The lowest BCUT2D eigenvalue weighted by atomic mass is 10.6. The van der Waals surface area contributed by atoms with Gasteiger partial charge in [-0.25, -0.2) is 10.2 Å². The quantitative estimate of drug-likeness (QED) is 0.0970. The van der Waals surface area contributed by atoms with Crippen LogP contribution in [0.25, 0.3) is 10.4 Å². The first-order valence-corrected chi connectivity index (χ1v) is 6.28. The molecule has 0 saturated heterocycles. The third kappa shape index (κ3) is 15.9. The van der Waals surface area contributed by atoms with Crippen molar-refractivity contribution >= 4 is 12.4 Å². The first-order chi connectivity index (χ1) is 10.3. The van der Waals surface area contributed by atoms with Gasteiger partial charge in [0.25, 0.3) is 0 Å². The zero-order chi connectivity index (χ0) is 15.6. The summed E-state index contributed by atoms with van der Waals surface area (Å²) in [5.41, 5.74) is 12.1. The molecule has 0 aromatic rings. The van der Waals surface area contributed by atoms with Crippen molar-refractivity contribution in [3.63, 3.8) is 0 Å². The minimum atomic E-state index is -0.514. The molecule has 0 fully saturated rings. The Bertz CT molecular complexity index is 323. The molecule has 21 heavy (non-hydrogen) atoms. The number of azide groups is 1. The second-order valence-corrected chi connectivity index (χ2v) is 3.43. The van der Waals surface area contributed by atoms with Gasteiger partial charge in [0, 0.05) is 18.0 Å². The molecule has 0 rings (SSSR count). The molecular formula is C10H20N6O5. The van der Waals surface area contributed by atoms with Gasteiger partial charge in [0.2, 0.25) is 6.41 Å². The van der Waals surface area contributed by atoms with Gasteiger partial charge in [-0.1, -0.05) is 5.11 Å². The SMILES string of the molecule is [N-]=[N+]=NCCOCCOCCOCCNC(=O)NNC=O. The molecule has 0 saturated carbocycles. The molecule has 0 aliphatic rings. The van der Waals surface area contributed by atoms with E-state index in [2.05, 4.69) is 20.8 Å². The van der Waals surface area contributed by atoms with E-state index in [1.54, 1.807) is 0 Å². The summed E-state index contributed by atoms with van der Waals surface area (Å²) in [6, 6.07) is -0.514. The van der Waals surface area contributed by atoms with Gasteiger partial charge in [0.1, 0.15) is 0 Å². The third-order valence-electron chi connectivity index (χ3n) is 1.92. The summed E-state index contributed by atoms with van der Waals surface area (Å²) in [4.78, 5) is 23.4. The zero-order valence-corrected chi connectivity index (χ0v) is 11.6. The fourth-order valence-electron chi connectivity index (χ4n) is 1.07. The molecule has 0 heterocycles. The molecule has 0 aliphatic carbocycles. The molecule has 0 aromatic heterocycles. The maximum Gasteiger partial charge on any atom is 0.333 e. The zero-order valence-electron chi connectivity index (χ0n) is 11.6. The minimum absolute atomic E-state index is 0.308. The standard InChI is InChI=1S/C10H20N6O5/c11-16-13-2-4-20-6-8-21-7-5-19-3-1-12-10(18)15-14-9-17/h9H,1-8H2,(H,14,17)(H2,12,15,18). The van der Waals surface area contributed by atoms with E-state index in [9.17, 15) is 9.59 Å². The van der Waals surface area contributed by atoms with E-state index in [-0.39, 0.29) is 0 Å². The first kappa shape index (κ1) is 18.9. The highest BCUT2D eigenvalue weighted by atomic mass is 16.5. The number of carbonyl (C=O) groups excluding carboxylic acids is 2. The van der Waals surface area contributed by atoms with Crippen molar-refractivity contribution in [2.75, 3.05) is 52.7 Å². The highest BCUT2D eigenvalue weighted by molar-refractivity contribution is 5.74. The Kier molecular flexibility index (Phi) is 14.4. The summed E-state index contributed by atoms with van der Waals surface area (Å²) < 4.78 is 15.5. The van der Waals surface area contributed by atoms with Crippen LogP contribution in [0.15, 0.2) is 5.11 Å². The van der Waals surface area contributed by atoms with Crippen molar-refractivity contribution in [3.8, 4) is 0 Å². The first-order valence-electron chi connectivity index (χ1n) is 6.28. The molecule has 120 valence electrons. The van der Waals surface area contributed by atoms with Crippen LogP contribution in [0.4, 0.5) is 4.79 Å². The van der Waals surface area contributed by atoms with Crippen LogP contribution in [0.3, 0.4) is 0 Å². The van der Waals surface area contributed by atoms with E-state index in [0.29, 0.717) is 59.1 Å². The highest BCUT2D eigenvalue weighted by Gasteiger charge is 1.96. The van der Waals surface area contributed by atoms with Crippen molar-refractivity contribution in [1.82, 2.24) is 16.2 Å². The monoisotopic (exact) mass is 304 g/mol. The molecule has 3 amide bonds. The van der Waals surface area contributed by atoms with Crippen LogP contribution in [0.1, 0.15) is 0 Å². The van der Waals surface area contributed by atoms with Crippen LogP contribution < -0.4 is 16.2 Å². The molecular weight excluding hydrogens is 284 g/mol. The van der Waals surface area contributed by atoms with Crippen LogP contribution in [0.5, 0.6) is 0 Å². The van der Waals surface area contributed by atoms with Gasteiger partial charge >= 0.3 is 6.03 Å². The molecule has 3 N–H and O–H groups in total. The number of nitrogens with one attached hydrogen (secondary N) is 3. The smallest absolute Gasteiger partial charge is 0.333 e. The lowest BCUT2D eigenvalue weighted by Crippen LogP contribution is -2.44. The van der Waals surface area contributed by atoms with Crippen LogP contribution in [-0.2, 0) is 19.0 Å². The highest BCUT2D eigenvalue weighted by Crippen LogP contribution is 1.82. The average molecular weight is 304 g/mol. The molecule has 0 atom stereocenters. The molecule has 0 aromatic carbocycles. The molecule has 11 nitrogen and oxygen atoms in total. The third-order valence-corrected chi connectivity index (χ3v) is 1.92. The Morgan fingerprint density at radius 1 is 1.10 bits per heavy atom. The maximum absolute atomic E-state index is 10.9. The molecule has 0 bridgehead atoms. The van der Waals surface area contributed by atoms with Crippen molar-refractivity contribution < 1.29 is 23.8 Å². The van der Waals surface area contributed by atoms with Gasteiger partial charge < -0.3 is 19.5 Å². The van der Waals surface area contributed by atoms with Gasteiger partial charge in [-0.15, -0.1) is 0 Å². The largest absolute Gasteiger partial charge is 0.379 e. The normalized spacial score (nSPS) is 9.52. The number of urea groups is 1. The van der Waals surface area contributed by atoms with Crippen molar-refractivity contribution in [1.29, 1.82) is 0 Å². The fraction of sp³-hybridized carbons (Fsp3) is 0.800. The topological polar surface area (TPSA) is 147 Å². The Morgan fingerprint density at radius 2 is 1.71 bits per heavy atom. The van der Waals surface area contributed by atoms with E-state index in [1.165, 1.54) is 0 Å². The van der Waals surface area contributed by atoms with Gasteiger partial charge in [-0.05, 0) is 5.53 Å². The maximum atomic E-state index is 10.9. The van der Waals surface area contributed by atoms with Crippen LogP contribution in [-0.4, -0.2) is 65.2 Å². The van der Waals surface area contributed by atoms with Crippen molar-refractivity contribution in [3.05, 3.63) is 10.4 Å². The number of ether oxygens (including phenoxy) is 3. The van der Waals surface area contributed by atoms with Gasteiger partial charge in [-0.2, -0.15) is 0 Å². The predicted molar refractivity (Wildman–Crippen MR) is 72.2 cm³/mol. The number of nitrogens with zero attached hydrogens (tertiary/aromatic N) is 3. The lowest BCUT2D eigenvalue weighted by molar-refractivity contribution is -0.110. The van der Waals surface area contributed by atoms with E-state index in [0.717, 1.165) is 0 Å². The molecule has 11 heteroatoms. The summed E-state index contributed by atoms with van der Waals surface area (Å²) >= 11 is 0. The van der Waals surface area contributed by atoms with Crippen molar-refractivity contribution in [2.24, 2.45) is 5.11 Å². The Morgan fingerprint density at radius 3 is 2.33 bits per heavy atom. The second kappa shape index (κ2) is 16.0. The molecule has 0 unspecified atom stereocenters. The molecule has 0 aliphatic heterocycles. The van der Waals surface area contributed by atoms with Crippen LogP contribution in [0, 0.1) is 0 Å². The Balaban J connectivity index is 3.10. The molecule has 0 spiro atoms. The van der Waals surface area contributed by atoms with E-state index in [1.807, 2.05) is 5.43 Å². The predicted octanol–water partition coefficient (Wildman–Crippen LogP) is -0.693. The number of amides is 3. The van der Waals surface area contributed by atoms with E-state index in [4.69, 9.17) is 19.7 Å². The summed E-state index contributed by atoms with van der Waals surface area (Å²) in [6.07, 6.45) is 0.355. The lowest BCUT2D eigenvalue weighted by Gasteiger charge is -2.07. The number of rotatable bonds is 14. The summed E-state index contributed by atoms with van der Waals surface area (Å²) in [6.45, 7) is 2.99. The minimum Gasteiger partial charge on any atom is -0.379 e. The number of hydrazine groups is 1. The van der Waals surface area contributed by atoms with Gasteiger partial charge in [0.05, 0.1) is 39.6 Å². The summed E-state index contributed by atoms with van der Waals surface area (Å²) in [5, 5.41) is 5.78.